The van der Waals surface area contributed by atoms with Gasteiger partial charge in [-0.25, -0.2) is 0 Å². The molecule has 2 rings (SSSR count). The molecule has 0 aromatic rings. The molecule has 2 fully saturated rings. The zero-order valence-electron chi connectivity index (χ0n) is 13.2. The minimum absolute atomic E-state index is 0.289. The molecule has 0 radical (unpaired) electrons. The second-order valence-electron chi connectivity index (χ2n) is 6.96. The molecular weight excluding hydrogens is 234 g/mol. The summed E-state index contributed by atoms with van der Waals surface area (Å²) in [6.07, 6.45) is 7.86. The molecule has 0 bridgehead atoms. The molecule has 1 unspecified atom stereocenters. The van der Waals surface area contributed by atoms with Gasteiger partial charge in [-0.15, -0.1) is 0 Å². The van der Waals surface area contributed by atoms with Gasteiger partial charge in [0.2, 0.25) is 0 Å². The van der Waals surface area contributed by atoms with Crippen molar-refractivity contribution in [1.29, 1.82) is 0 Å². The van der Waals surface area contributed by atoms with Crippen molar-refractivity contribution >= 4 is 0 Å². The van der Waals surface area contributed by atoms with Gasteiger partial charge in [0.05, 0.1) is 0 Å². The molecule has 0 spiro atoms. The van der Waals surface area contributed by atoms with E-state index in [-0.39, 0.29) is 5.54 Å². The molecule has 0 aromatic heterocycles. The van der Waals surface area contributed by atoms with Crippen molar-refractivity contribution < 1.29 is 0 Å². The monoisotopic (exact) mass is 267 g/mol. The topological polar surface area (TPSA) is 32.5 Å². The van der Waals surface area contributed by atoms with Crippen LogP contribution in [0.15, 0.2) is 0 Å². The van der Waals surface area contributed by atoms with Crippen molar-refractivity contribution in [2.24, 2.45) is 11.1 Å². The lowest BCUT2D eigenvalue weighted by atomic mass is 9.81. The fourth-order valence-corrected chi connectivity index (χ4v) is 4.13. The predicted octanol–water partition coefficient (Wildman–Crippen LogP) is 2.31. The minimum atomic E-state index is 0.289. The lowest BCUT2D eigenvalue weighted by Gasteiger charge is -2.42. The molecule has 0 saturated carbocycles. The number of rotatable bonds is 4. The normalized spacial score (nSPS) is 33.5. The molecule has 2 aliphatic heterocycles. The maximum absolute atomic E-state index is 6.24. The van der Waals surface area contributed by atoms with E-state index in [0.717, 1.165) is 6.54 Å². The molecule has 1 atom stereocenters. The molecule has 0 aromatic carbocycles. The Morgan fingerprint density at radius 3 is 2.32 bits per heavy atom. The largest absolute Gasteiger partial charge is 0.329 e. The molecule has 112 valence electrons. The summed E-state index contributed by atoms with van der Waals surface area (Å²) in [6, 6.07) is 0. The van der Waals surface area contributed by atoms with Gasteiger partial charge in [0, 0.05) is 18.6 Å². The van der Waals surface area contributed by atoms with Crippen molar-refractivity contribution in [2.75, 3.05) is 39.8 Å². The van der Waals surface area contributed by atoms with Crippen LogP contribution in [0.5, 0.6) is 0 Å². The average molecular weight is 267 g/mol. The molecular formula is C16H33N3. The Morgan fingerprint density at radius 1 is 1.00 bits per heavy atom. The molecule has 2 aliphatic rings. The second kappa shape index (κ2) is 6.11. The minimum Gasteiger partial charge on any atom is -0.329 e. The van der Waals surface area contributed by atoms with E-state index in [1.807, 2.05) is 0 Å². The van der Waals surface area contributed by atoms with E-state index in [0.29, 0.717) is 5.41 Å². The van der Waals surface area contributed by atoms with Gasteiger partial charge in [0.1, 0.15) is 0 Å². The number of hydrogen-bond acceptors (Lipinski definition) is 3. The van der Waals surface area contributed by atoms with Gasteiger partial charge in [-0.2, -0.15) is 0 Å². The molecule has 19 heavy (non-hydrogen) atoms. The molecule has 3 heteroatoms. The third kappa shape index (κ3) is 2.98. The summed E-state index contributed by atoms with van der Waals surface area (Å²) in [5.74, 6) is 0. The van der Waals surface area contributed by atoms with E-state index in [1.54, 1.807) is 0 Å². The summed E-state index contributed by atoms with van der Waals surface area (Å²) in [5, 5.41) is 0. The summed E-state index contributed by atoms with van der Waals surface area (Å²) in [7, 11) is 2.25. The van der Waals surface area contributed by atoms with Crippen LogP contribution in [0.2, 0.25) is 0 Å². The quantitative estimate of drug-likeness (QED) is 0.848. The summed E-state index contributed by atoms with van der Waals surface area (Å²) in [6.45, 7) is 10.6. The van der Waals surface area contributed by atoms with Crippen LogP contribution >= 0.6 is 0 Å². The average Bonchev–Trinajstić information content (AvgIpc) is 2.79. The Hall–Kier alpha value is -0.120. The van der Waals surface area contributed by atoms with Gasteiger partial charge in [0.25, 0.3) is 0 Å². The summed E-state index contributed by atoms with van der Waals surface area (Å²) >= 11 is 0. The lowest BCUT2D eigenvalue weighted by Crippen LogP contribution is -2.54. The molecule has 2 saturated heterocycles. The highest BCUT2D eigenvalue weighted by molar-refractivity contribution is 5.00. The Labute approximate surface area is 119 Å². The number of hydrogen-bond donors (Lipinski definition) is 1. The molecule has 2 N–H and O–H groups in total. The highest BCUT2D eigenvalue weighted by atomic mass is 15.2. The lowest BCUT2D eigenvalue weighted by molar-refractivity contribution is 0.0878. The van der Waals surface area contributed by atoms with Gasteiger partial charge < -0.3 is 10.6 Å². The highest BCUT2D eigenvalue weighted by Gasteiger charge is 2.44. The van der Waals surface area contributed by atoms with Crippen molar-refractivity contribution in [2.45, 2.75) is 57.9 Å². The van der Waals surface area contributed by atoms with Gasteiger partial charge in [-0.05, 0) is 70.6 Å². The standard InChI is InChI=1S/C16H33N3/c1-4-15(5-2)8-12-19(14-15)16(13-17)7-6-10-18(3)11-9-16/h4-14,17H2,1-3H3. The molecule has 0 amide bonds. The Bertz CT molecular complexity index is 288. The van der Waals surface area contributed by atoms with E-state index in [9.17, 15) is 0 Å². The van der Waals surface area contributed by atoms with Crippen molar-refractivity contribution in [3.8, 4) is 0 Å². The van der Waals surface area contributed by atoms with E-state index >= 15 is 0 Å². The van der Waals surface area contributed by atoms with Crippen LogP contribution in [-0.4, -0.2) is 55.1 Å². The van der Waals surface area contributed by atoms with Crippen molar-refractivity contribution in [1.82, 2.24) is 9.80 Å². The van der Waals surface area contributed by atoms with E-state index < -0.39 is 0 Å². The Balaban J connectivity index is 2.09. The van der Waals surface area contributed by atoms with Gasteiger partial charge in [-0.3, -0.25) is 4.90 Å². The van der Waals surface area contributed by atoms with Gasteiger partial charge in [-0.1, -0.05) is 13.8 Å². The molecule has 0 aliphatic carbocycles. The maximum atomic E-state index is 6.24. The van der Waals surface area contributed by atoms with Crippen LogP contribution in [0.4, 0.5) is 0 Å². The fourth-order valence-electron chi connectivity index (χ4n) is 4.13. The van der Waals surface area contributed by atoms with Gasteiger partial charge in [0.15, 0.2) is 0 Å². The van der Waals surface area contributed by atoms with E-state index in [2.05, 4.69) is 30.7 Å². The first kappa shape index (κ1) is 15.3. The van der Waals surface area contributed by atoms with Crippen LogP contribution in [0, 0.1) is 5.41 Å². The van der Waals surface area contributed by atoms with Crippen LogP contribution < -0.4 is 5.73 Å². The second-order valence-corrected chi connectivity index (χ2v) is 6.96. The zero-order chi connectivity index (χ0) is 13.9. The number of nitrogens with zero attached hydrogens (tertiary/aromatic N) is 2. The summed E-state index contributed by atoms with van der Waals surface area (Å²) in [4.78, 5) is 5.24. The summed E-state index contributed by atoms with van der Waals surface area (Å²) < 4.78 is 0. The highest BCUT2D eigenvalue weighted by Crippen LogP contribution is 2.42. The van der Waals surface area contributed by atoms with Crippen molar-refractivity contribution in [3.05, 3.63) is 0 Å². The SMILES string of the molecule is CCC1(CC)CCN(C2(CN)CCCN(C)CC2)C1. The number of likely N-dealkylation sites (tertiary alicyclic amines) is 2. The van der Waals surface area contributed by atoms with Crippen LogP contribution in [0.3, 0.4) is 0 Å². The zero-order valence-corrected chi connectivity index (χ0v) is 13.2. The first-order valence-corrected chi connectivity index (χ1v) is 8.23. The first-order chi connectivity index (χ1) is 9.10. The Kier molecular flexibility index (Phi) is 4.91. The van der Waals surface area contributed by atoms with Crippen LogP contribution in [0.1, 0.15) is 52.4 Å². The van der Waals surface area contributed by atoms with E-state index in [1.165, 1.54) is 64.7 Å². The third-order valence-electron chi connectivity index (χ3n) is 6.13. The smallest absolute Gasteiger partial charge is 0.0344 e. The first-order valence-electron chi connectivity index (χ1n) is 8.23. The number of nitrogens with two attached hydrogens (primary N) is 1. The predicted molar refractivity (Wildman–Crippen MR) is 82.3 cm³/mol. The van der Waals surface area contributed by atoms with Crippen LogP contribution in [-0.2, 0) is 0 Å². The van der Waals surface area contributed by atoms with Gasteiger partial charge >= 0.3 is 0 Å². The fraction of sp³-hybridized carbons (Fsp3) is 1.00. The summed E-state index contributed by atoms with van der Waals surface area (Å²) in [5.41, 5.74) is 7.10. The third-order valence-corrected chi connectivity index (χ3v) is 6.13. The molecule has 2 heterocycles. The maximum Gasteiger partial charge on any atom is 0.0344 e. The van der Waals surface area contributed by atoms with Crippen molar-refractivity contribution in [3.63, 3.8) is 0 Å². The molecule has 3 nitrogen and oxygen atoms in total. The Morgan fingerprint density at radius 2 is 1.74 bits per heavy atom. The van der Waals surface area contributed by atoms with Crippen LogP contribution in [0.25, 0.3) is 0 Å². The van der Waals surface area contributed by atoms with E-state index in [4.69, 9.17) is 5.73 Å².